The van der Waals surface area contributed by atoms with Crippen LogP contribution in [0.25, 0.3) is 5.57 Å². The summed E-state index contributed by atoms with van der Waals surface area (Å²) in [4.78, 5) is 12.6. The van der Waals surface area contributed by atoms with E-state index in [1.807, 2.05) is 0 Å². The van der Waals surface area contributed by atoms with E-state index in [1.54, 1.807) is 6.21 Å². The molecule has 138 valence electrons. The van der Waals surface area contributed by atoms with Crippen molar-refractivity contribution in [2.24, 2.45) is 16.4 Å². The first-order chi connectivity index (χ1) is 13.1. The van der Waals surface area contributed by atoms with Crippen LogP contribution in [0.2, 0.25) is 0 Å². The zero-order valence-corrected chi connectivity index (χ0v) is 17.1. The van der Waals surface area contributed by atoms with Gasteiger partial charge in [-0.3, -0.25) is 4.79 Å². The van der Waals surface area contributed by atoms with Crippen LogP contribution in [-0.2, 0) is 17.6 Å². The Balaban J connectivity index is 1.91. The van der Waals surface area contributed by atoms with Gasteiger partial charge in [-0.05, 0) is 76.4 Å². The molecule has 0 saturated carbocycles. The van der Waals surface area contributed by atoms with Crippen LogP contribution in [0.15, 0.2) is 52.0 Å². The smallest absolute Gasteiger partial charge is 0.170 e. The van der Waals surface area contributed by atoms with E-state index in [9.17, 15) is 4.79 Å². The van der Waals surface area contributed by atoms with Crippen molar-refractivity contribution in [3.05, 3.63) is 74.8 Å². The lowest BCUT2D eigenvalue weighted by atomic mass is 9.60. The van der Waals surface area contributed by atoms with Gasteiger partial charge in [0.1, 0.15) is 0 Å². The van der Waals surface area contributed by atoms with E-state index in [1.165, 1.54) is 22.3 Å². The second-order valence-corrected chi connectivity index (χ2v) is 8.45. The molecule has 0 aliphatic heterocycles. The Hall–Kier alpha value is -2.20. The molecule has 0 amide bonds. The molecule has 1 unspecified atom stereocenters. The number of nitrogens with two attached hydrogens (primary N) is 1. The van der Waals surface area contributed by atoms with Gasteiger partial charge < -0.3 is 5.84 Å². The summed E-state index contributed by atoms with van der Waals surface area (Å²) < 4.78 is 0.755. The van der Waals surface area contributed by atoms with Gasteiger partial charge in [-0.25, -0.2) is 0 Å². The minimum absolute atomic E-state index is 0.00647. The molecule has 1 atom stereocenters. The largest absolute Gasteiger partial charge is 0.323 e. The van der Waals surface area contributed by atoms with Crippen LogP contribution in [0.4, 0.5) is 0 Å². The highest BCUT2D eigenvalue weighted by atomic mass is 79.9. The van der Waals surface area contributed by atoms with Crippen LogP contribution < -0.4 is 5.84 Å². The zero-order valence-electron chi connectivity index (χ0n) is 15.5. The fraction of sp³-hybridized carbons (Fsp3) is 0.304. The average molecular weight is 423 g/mol. The van der Waals surface area contributed by atoms with Crippen LogP contribution in [-0.4, -0.2) is 12.0 Å². The molecule has 4 heteroatoms. The van der Waals surface area contributed by atoms with E-state index in [0.29, 0.717) is 6.42 Å². The predicted octanol–water partition coefficient (Wildman–Crippen LogP) is 4.93. The summed E-state index contributed by atoms with van der Waals surface area (Å²) in [6.45, 7) is 2.08. The minimum atomic E-state index is -0.00647. The second-order valence-electron chi connectivity index (χ2n) is 7.66. The van der Waals surface area contributed by atoms with Gasteiger partial charge in [-0.1, -0.05) is 42.5 Å². The fourth-order valence-electron chi connectivity index (χ4n) is 4.77. The SMILES string of the molecule is Cc1ccc2c(c1/C=N\N)CCC1(Cc3ccccc3)CCC(=O)C(Br)=C21. The number of aryl methyl sites for hydroxylation is 1. The Morgan fingerprint density at radius 2 is 1.89 bits per heavy atom. The lowest BCUT2D eigenvalue weighted by Crippen LogP contribution is -2.35. The van der Waals surface area contributed by atoms with Gasteiger partial charge in [-0.15, -0.1) is 0 Å². The zero-order chi connectivity index (χ0) is 19.0. The van der Waals surface area contributed by atoms with E-state index >= 15 is 0 Å². The quantitative estimate of drug-likeness (QED) is 0.432. The standard InChI is InChI=1S/C23H23BrN2O/c1-15-7-8-18-17(19(15)14-26-25)9-11-23(13-16-5-3-2-4-6-16)12-10-20(27)22(24)21(18)23/h2-8,14H,9-13,25H2,1H3/b26-14-. The van der Waals surface area contributed by atoms with Gasteiger partial charge >= 0.3 is 0 Å². The number of ketones is 1. The van der Waals surface area contributed by atoms with Crippen molar-refractivity contribution in [1.29, 1.82) is 0 Å². The van der Waals surface area contributed by atoms with E-state index < -0.39 is 0 Å². The molecule has 0 spiro atoms. The first-order valence-corrected chi connectivity index (χ1v) is 10.2. The van der Waals surface area contributed by atoms with E-state index in [0.717, 1.165) is 41.3 Å². The molecular weight excluding hydrogens is 400 g/mol. The summed E-state index contributed by atoms with van der Waals surface area (Å²) in [7, 11) is 0. The number of nitrogens with zero attached hydrogens (tertiary/aromatic N) is 1. The third-order valence-electron chi connectivity index (χ3n) is 6.11. The van der Waals surface area contributed by atoms with Crippen molar-refractivity contribution in [1.82, 2.24) is 0 Å². The van der Waals surface area contributed by atoms with Crippen LogP contribution in [0, 0.1) is 12.3 Å². The molecule has 0 bridgehead atoms. The molecule has 0 saturated heterocycles. The van der Waals surface area contributed by atoms with Crippen molar-refractivity contribution in [2.45, 2.75) is 39.0 Å². The first kappa shape index (κ1) is 18.2. The van der Waals surface area contributed by atoms with Gasteiger partial charge in [-0.2, -0.15) is 5.10 Å². The number of hydrazone groups is 1. The number of hydrogen-bond donors (Lipinski definition) is 1. The Kier molecular flexibility index (Phi) is 4.77. The third-order valence-corrected chi connectivity index (χ3v) is 6.95. The molecule has 0 heterocycles. The summed E-state index contributed by atoms with van der Waals surface area (Å²) in [6.07, 6.45) is 6.22. The van der Waals surface area contributed by atoms with Crippen molar-refractivity contribution < 1.29 is 4.79 Å². The van der Waals surface area contributed by atoms with Crippen LogP contribution in [0.5, 0.6) is 0 Å². The van der Waals surface area contributed by atoms with E-state index in [-0.39, 0.29) is 11.2 Å². The number of halogens is 1. The van der Waals surface area contributed by atoms with Crippen molar-refractivity contribution >= 4 is 33.5 Å². The number of carbonyl (C=O) groups is 1. The maximum absolute atomic E-state index is 12.6. The highest BCUT2D eigenvalue weighted by molar-refractivity contribution is 9.12. The average Bonchev–Trinajstić information content (AvgIpc) is 2.68. The number of allylic oxidation sites excluding steroid dienone is 2. The maximum Gasteiger partial charge on any atom is 0.170 e. The van der Waals surface area contributed by atoms with Crippen LogP contribution in [0.1, 0.15) is 47.1 Å². The highest BCUT2D eigenvalue weighted by Gasteiger charge is 2.44. The Labute approximate surface area is 168 Å². The van der Waals surface area contributed by atoms with Crippen molar-refractivity contribution in [3.8, 4) is 0 Å². The number of hydrogen-bond acceptors (Lipinski definition) is 3. The Morgan fingerprint density at radius 1 is 1.15 bits per heavy atom. The van der Waals surface area contributed by atoms with E-state index in [2.05, 4.69) is 70.4 Å². The minimum Gasteiger partial charge on any atom is -0.323 e. The summed E-state index contributed by atoms with van der Waals surface area (Å²) in [6, 6.07) is 14.9. The fourth-order valence-corrected chi connectivity index (χ4v) is 5.60. The molecule has 0 aromatic heterocycles. The lowest BCUT2D eigenvalue weighted by Gasteiger charge is -2.44. The Morgan fingerprint density at radius 3 is 2.63 bits per heavy atom. The van der Waals surface area contributed by atoms with Crippen molar-refractivity contribution in [2.75, 3.05) is 0 Å². The first-order valence-electron chi connectivity index (χ1n) is 9.39. The van der Waals surface area contributed by atoms with Gasteiger partial charge in [0.05, 0.1) is 10.7 Å². The molecule has 0 fully saturated rings. The maximum atomic E-state index is 12.6. The van der Waals surface area contributed by atoms with Gasteiger partial charge in [0.2, 0.25) is 0 Å². The lowest BCUT2D eigenvalue weighted by molar-refractivity contribution is -0.115. The molecule has 2 N–H and O–H groups in total. The van der Waals surface area contributed by atoms with Crippen LogP contribution in [0.3, 0.4) is 0 Å². The Bertz CT molecular complexity index is 962. The molecular formula is C23H23BrN2O. The van der Waals surface area contributed by atoms with Crippen LogP contribution >= 0.6 is 15.9 Å². The molecule has 0 radical (unpaired) electrons. The summed E-state index contributed by atoms with van der Waals surface area (Å²) >= 11 is 3.67. The number of Topliss-reactive ketones (excluding diaryl/α,β-unsaturated/α-hetero) is 1. The van der Waals surface area contributed by atoms with Gasteiger partial charge in [0.15, 0.2) is 5.78 Å². The molecule has 2 aliphatic rings. The summed E-state index contributed by atoms with van der Waals surface area (Å²) in [5, 5.41) is 3.78. The topological polar surface area (TPSA) is 55.4 Å². The molecule has 3 nitrogen and oxygen atoms in total. The van der Waals surface area contributed by atoms with Crippen molar-refractivity contribution in [3.63, 3.8) is 0 Å². The number of rotatable bonds is 3. The second kappa shape index (κ2) is 7.08. The third kappa shape index (κ3) is 3.06. The number of carbonyl (C=O) groups excluding carboxylic acids is 1. The van der Waals surface area contributed by atoms with Gasteiger partial charge in [0, 0.05) is 17.4 Å². The summed E-state index contributed by atoms with van der Waals surface area (Å²) in [5.41, 5.74) is 7.19. The monoisotopic (exact) mass is 422 g/mol. The molecule has 4 rings (SSSR count). The molecule has 2 aromatic carbocycles. The predicted molar refractivity (Wildman–Crippen MR) is 114 cm³/mol. The molecule has 2 aliphatic carbocycles. The molecule has 27 heavy (non-hydrogen) atoms. The summed E-state index contributed by atoms with van der Waals surface area (Å²) in [5.74, 6) is 5.67. The van der Waals surface area contributed by atoms with Gasteiger partial charge in [0.25, 0.3) is 0 Å². The normalized spacial score (nSPS) is 22.1. The molecule has 2 aromatic rings. The number of fused-ring (bicyclic) bond motifs is 3. The highest BCUT2D eigenvalue weighted by Crippen LogP contribution is 2.55. The van der Waals surface area contributed by atoms with E-state index in [4.69, 9.17) is 5.84 Å². The number of benzene rings is 2.